The summed E-state index contributed by atoms with van der Waals surface area (Å²) < 4.78 is 0. The van der Waals surface area contributed by atoms with Gasteiger partial charge in [-0.05, 0) is 26.0 Å². The number of hydrogen-bond donors (Lipinski definition) is 2. The molecule has 0 saturated heterocycles. The van der Waals surface area contributed by atoms with Crippen molar-refractivity contribution in [2.45, 2.75) is 25.0 Å². The Morgan fingerprint density at radius 2 is 1.08 bits per heavy atom. The summed E-state index contributed by atoms with van der Waals surface area (Å²) in [6.07, 6.45) is 9.92. The quantitative estimate of drug-likeness (QED) is 0.530. The second-order valence-corrected chi connectivity index (χ2v) is 3.50. The number of rotatable bonds is 0. The molecular formula is C10H14O2. The maximum absolute atomic E-state index is 9.59. The Bertz CT molecular complexity index is 219. The predicted molar refractivity (Wildman–Crippen MR) is 48.7 cm³/mol. The molecule has 0 aliphatic heterocycles. The Labute approximate surface area is 72.5 Å². The van der Waals surface area contributed by atoms with Crippen molar-refractivity contribution in [3.8, 4) is 0 Å². The molecule has 0 saturated carbocycles. The summed E-state index contributed by atoms with van der Waals surface area (Å²) in [5.74, 6) is 0. The van der Waals surface area contributed by atoms with Gasteiger partial charge >= 0.3 is 0 Å². The molecule has 12 heavy (non-hydrogen) atoms. The van der Waals surface area contributed by atoms with Crippen molar-refractivity contribution in [1.82, 2.24) is 0 Å². The molecule has 0 radical (unpaired) electrons. The van der Waals surface area contributed by atoms with Gasteiger partial charge in [0.15, 0.2) is 0 Å². The summed E-state index contributed by atoms with van der Waals surface area (Å²) in [5, 5.41) is 19.2. The Morgan fingerprint density at radius 1 is 0.750 bits per heavy atom. The zero-order valence-electron chi connectivity index (χ0n) is 7.36. The van der Waals surface area contributed by atoms with Crippen LogP contribution in [0.15, 0.2) is 36.5 Å². The molecule has 66 valence electrons. The van der Waals surface area contributed by atoms with Crippen LogP contribution in [0.4, 0.5) is 0 Å². The lowest BCUT2D eigenvalue weighted by molar-refractivity contribution is 0.144. The van der Waals surface area contributed by atoms with Gasteiger partial charge in [0.1, 0.15) is 0 Å². The van der Waals surface area contributed by atoms with Crippen LogP contribution in [-0.4, -0.2) is 21.4 Å². The molecule has 2 unspecified atom stereocenters. The fraction of sp³-hybridized carbons (Fsp3) is 0.400. The zero-order valence-corrected chi connectivity index (χ0v) is 7.36. The van der Waals surface area contributed by atoms with E-state index in [1.165, 1.54) is 0 Å². The molecule has 0 aromatic carbocycles. The third-order valence-electron chi connectivity index (χ3n) is 1.74. The monoisotopic (exact) mass is 166 g/mol. The summed E-state index contributed by atoms with van der Waals surface area (Å²) in [7, 11) is 0. The maximum atomic E-state index is 9.59. The molecule has 1 aliphatic carbocycles. The van der Waals surface area contributed by atoms with Crippen LogP contribution in [0.2, 0.25) is 0 Å². The largest absolute Gasteiger partial charge is 0.382 e. The van der Waals surface area contributed by atoms with Crippen LogP contribution in [0.5, 0.6) is 0 Å². The van der Waals surface area contributed by atoms with E-state index in [2.05, 4.69) is 0 Å². The first-order valence-corrected chi connectivity index (χ1v) is 3.94. The highest BCUT2D eigenvalue weighted by Crippen LogP contribution is 2.16. The number of allylic oxidation sites excluding steroid dienone is 2. The molecule has 0 aromatic heterocycles. The maximum Gasteiger partial charge on any atom is 0.0984 e. The normalized spacial score (nSPS) is 49.0. The molecular weight excluding hydrogens is 152 g/mol. The summed E-state index contributed by atoms with van der Waals surface area (Å²) in [6.45, 7) is 3.32. The summed E-state index contributed by atoms with van der Waals surface area (Å²) in [5.41, 5.74) is -1.93. The molecule has 0 amide bonds. The highest BCUT2D eigenvalue weighted by atomic mass is 16.3. The fourth-order valence-corrected chi connectivity index (χ4v) is 0.949. The van der Waals surface area contributed by atoms with E-state index in [9.17, 15) is 10.2 Å². The van der Waals surface area contributed by atoms with Crippen molar-refractivity contribution >= 4 is 0 Å². The first-order chi connectivity index (χ1) is 5.41. The van der Waals surface area contributed by atoms with Gasteiger partial charge in [-0.3, -0.25) is 0 Å². The average molecular weight is 166 g/mol. The lowest BCUT2D eigenvalue weighted by atomic mass is 9.97. The van der Waals surface area contributed by atoms with E-state index < -0.39 is 11.2 Å². The zero-order chi connectivity index (χ0) is 9.24. The van der Waals surface area contributed by atoms with Crippen LogP contribution in [0.25, 0.3) is 0 Å². The smallest absolute Gasteiger partial charge is 0.0984 e. The molecule has 0 fully saturated rings. The van der Waals surface area contributed by atoms with Crippen molar-refractivity contribution < 1.29 is 10.2 Å². The van der Waals surface area contributed by atoms with E-state index in [4.69, 9.17) is 0 Å². The molecule has 2 N–H and O–H groups in total. The number of aliphatic hydroxyl groups is 2. The minimum Gasteiger partial charge on any atom is -0.382 e. The van der Waals surface area contributed by atoms with E-state index in [0.717, 1.165) is 0 Å². The molecule has 1 aliphatic rings. The van der Waals surface area contributed by atoms with Gasteiger partial charge in [0.2, 0.25) is 0 Å². The van der Waals surface area contributed by atoms with Gasteiger partial charge < -0.3 is 10.2 Å². The second-order valence-electron chi connectivity index (χ2n) is 3.50. The molecule has 2 atom stereocenters. The molecule has 0 heterocycles. The lowest BCUT2D eigenvalue weighted by Crippen LogP contribution is -2.23. The molecule has 0 spiro atoms. The van der Waals surface area contributed by atoms with Gasteiger partial charge in [-0.25, -0.2) is 0 Å². The highest BCUT2D eigenvalue weighted by Gasteiger charge is 2.17. The third-order valence-corrected chi connectivity index (χ3v) is 1.74. The average Bonchev–Trinajstić information content (AvgIpc) is 1.94. The van der Waals surface area contributed by atoms with Crippen molar-refractivity contribution in [3.05, 3.63) is 36.5 Å². The molecule has 1 rings (SSSR count). The summed E-state index contributed by atoms with van der Waals surface area (Å²) in [6, 6.07) is 0. The number of hydrogen-bond acceptors (Lipinski definition) is 2. The van der Waals surface area contributed by atoms with Crippen LogP contribution >= 0.6 is 0 Å². The molecule has 2 heteroatoms. The highest BCUT2D eigenvalue weighted by molar-refractivity contribution is 5.25. The SMILES string of the molecule is CC1(O)/C=C\C=C/C(C)(O)/C=C\1. The van der Waals surface area contributed by atoms with E-state index in [1.54, 1.807) is 50.3 Å². The van der Waals surface area contributed by atoms with E-state index in [-0.39, 0.29) is 0 Å². The topological polar surface area (TPSA) is 40.5 Å². The predicted octanol–water partition coefficient (Wildman–Crippen LogP) is 1.17. The van der Waals surface area contributed by atoms with Crippen LogP contribution in [0.3, 0.4) is 0 Å². The van der Waals surface area contributed by atoms with Gasteiger partial charge in [0, 0.05) is 0 Å². The van der Waals surface area contributed by atoms with Crippen molar-refractivity contribution in [2.24, 2.45) is 0 Å². The summed E-state index contributed by atoms with van der Waals surface area (Å²) >= 11 is 0. The molecule has 2 nitrogen and oxygen atoms in total. The second kappa shape index (κ2) is 2.88. The van der Waals surface area contributed by atoms with Gasteiger partial charge in [-0.15, -0.1) is 0 Å². The van der Waals surface area contributed by atoms with Crippen molar-refractivity contribution in [2.75, 3.05) is 0 Å². The first-order valence-electron chi connectivity index (χ1n) is 3.94. The Kier molecular flexibility index (Phi) is 2.22. The molecule has 0 bridgehead atoms. The van der Waals surface area contributed by atoms with Crippen LogP contribution < -0.4 is 0 Å². The Balaban J connectivity index is 2.97. The van der Waals surface area contributed by atoms with Gasteiger partial charge in [0.05, 0.1) is 11.2 Å². The fourth-order valence-electron chi connectivity index (χ4n) is 0.949. The minimum atomic E-state index is -0.964. The van der Waals surface area contributed by atoms with E-state index >= 15 is 0 Å². The minimum absolute atomic E-state index is 0.964. The van der Waals surface area contributed by atoms with Crippen LogP contribution in [-0.2, 0) is 0 Å². The van der Waals surface area contributed by atoms with E-state index in [0.29, 0.717) is 0 Å². The van der Waals surface area contributed by atoms with Crippen LogP contribution in [0, 0.1) is 0 Å². The van der Waals surface area contributed by atoms with Gasteiger partial charge in [0.25, 0.3) is 0 Å². The Hall–Kier alpha value is -0.860. The summed E-state index contributed by atoms with van der Waals surface area (Å²) in [4.78, 5) is 0. The standard InChI is InChI=1S/C10H14O2/c1-9(11)5-3-4-6-10(2,12)8-7-9/h3-8,11-12H,1-2H3/b5-3-,6-4-,8-7-. The van der Waals surface area contributed by atoms with Crippen LogP contribution in [0.1, 0.15) is 13.8 Å². The van der Waals surface area contributed by atoms with Gasteiger partial charge in [-0.1, -0.05) is 24.3 Å². The van der Waals surface area contributed by atoms with Crippen molar-refractivity contribution in [3.63, 3.8) is 0 Å². The van der Waals surface area contributed by atoms with Gasteiger partial charge in [-0.2, -0.15) is 0 Å². The molecule has 0 aromatic rings. The third kappa shape index (κ3) is 2.64. The first kappa shape index (κ1) is 9.23. The van der Waals surface area contributed by atoms with Crippen molar-refractivity contribution in [1.29, 1.82) is 0 Å². The lowest BCUT2D eigenvalue weighted by Gasteiger charge is -2.19. The van der Waals surface area contributed by atoms with E-state index in [1.807, 2.05) is 0 Å². The Morgan fingerprint density at radius 3 is 1.42 bits per heavy atom.